The highest BCUT2D eigenvalue weighted by atomic mass is 35.5. The summed E-state index contributed by atoms with van der Waals surface area (Å²) in [4.78, 5) is 13.2. The second kappa shape index (κ2) is 6.43. The molecule has 0 radical (unpaired) electrons. The van der Waals surface area contributed by atoms with Crippen molar-refractivity contribution in [2.75, 3.05) is 6.54 Å². The van der Waals surface area contributed by atoms with Gasteiger partial charge in [-0.1, -0.05) is 30.3 Å². The zero-order valence-electron chi connectivity index (χ0n) is 8.32. The standard InChI is InChI=1S/C11H14ClNO2/c12-13-8-10(11(14)15)7-6-9-4-2-1-3-5-9/h1-5,10,13H,6-8H2,(H,14,15). The fourth-order valence-electron chi connectivity index (χ4n) is 1.39. The summed E-state index contributed by atoms with van der Waals surface area (Å²) in [7, 11) is 0. The van der Waals surface area contributed by atoms with Crippen molar-refractivity contribution in [3.05, 3.63) is 35.9 Å². The number of aliphatic carboxylic acids is 1. The van der Waals surface area contributed by atoms with Crippen molar-refractivity contribution in [1.29, 1.82) is 0 Å². The molecule has 0 aliphatic carbocycles. The molecular formula is C11H14ClNO2. The van der Waals surface area contributed by atoms with Crippen LogP contribution >= 0.6 is 11.8 Å². The summed E-state index contributed by atoms with van der Waals surface area (Å²) in [6, 6.07) is 9.83. The molecule has 0 aliphatic rings. The van der Waals surface area contributed by atoms with Gasteiger partial charge in [0.25, 0.3) is 0 Å². The lowest BCUT2D eigenvalue weighted by Crippen LogP contribution is -2.24. The van der Waals surface area contributed by atoms with Crippen molar-refractivity contribution in [3.8, 4) is 0 Å². The lowest BCUT2D eigenvalue weighted by atomic mass is 10.00. The monoisotopic (exact) mass is 227 g/mol. The van der Waals surface area contributed by atoms with Gasteiger partial charge < -0.3 is 5.11 Å². The number of nitrogens with one attached hydrogen (secondary N) is 1. The first-order chi connectivity index (χ1) is 7.24. The van der Waals surface area contributed by atoms with E-state index >= 15 is 0 Å². The van der Waals surface area contributed by atoms with Crippen molar-refractivity contribution < 1.29 is 9.90 Å². The SMILES string of the molecule is O=C(O)C(CCc1ccccc1)CNCl. The van der Waals surface area contributed by atoms with E-state index in [4.69, 9.17) is 16.9 Å². The molecule has 0 fully saturated rings. The maximum absolute atomic E-state index is 10.8. The second-order valence-corrected chi connectivity index (χ2v) is 3.66. The van der Waals surface area contributed by atoms with E-state index in [1.54, 1.807) is 0 Å². The van der Waals surface area contributed by atoms with Gasteiger partial charge in [-0.25, -0.2) is 4.84 Å². The fraction of sp³-hybridized carbons (Fsp3) is 0.364. The van der Waals surface area contributed by atoms with E-state index in [9.17, 15) is 4.79 Å². The molecule has 3 nitrogen and oxygen atoms in total. The van der Waals surface area contributed by atoms with E-state index in [0.717, 1.165) is 12.0 Å². The van der Waals surface area contributed by atoms with Gasteiger partial charge in [0.1, 0.15) is 0 Å². The van der Waals surface area contributed by atoms with Crippen LogP contribution in [0, 0.1) is 5.92 Å². The highest BCUT2D eigenvalue weighted by Crippen LogP contribution is 2.09. The van der Waals surface area contributed by atoms with Gasteiger partial charge in [-0.05, 0) is 30.2 Å². The lowest BCUT2D eigenvalue weighted by Gasteiger charge is -2.10. The van der Waals surface area contributed by atoms with Crippen LogP contribution in [0.3, 0.4) is 0 Å². The number of carboxylic acid groups (broad SMARTS) is 1. The van der Waals surface area contributed by atoms with E-state index < -0.39 is 11.9 Å². The molecule has 1 rings (SSSR count). The molecule has 0 aliphatic heterocycles. The summed E-state index contributed by atoms with van der Waals surface area (Å²) in [6.07, 6.45) is 1.36. The van der Waals surface area contributed by atoms with Crippen LogP contribution in [0.15, 0.2) is 30.3 Å². The van der Waals surface area contributed by atoms with Gasteiger partial charge in [0.05, 0.1) is 5.92 Å². The summed E-state index contributed by atoms with van der Waals surface area (Å²) in [5.41, 5.74) is 1.15. The Morgan fingerprint density at radius 2 is 2.07 bits per heavy atom. The van der Waals surface area contributed by atoms with Crippen molar-refractivity contribution in [2.24, 2.45) is 5.92 Å². The quantitative estimate of drug-likeness (QED) is 0.732. The van der Waals surface area contributed by atoms with Crippen LogP contribution in [0.4, 0.5) is 0 Å². The third-order valence-electron chi connectivity index (χ3n) is 2.30. The summed E-state index contributed by atoms with van der Waals surface area (Å²) >= 11 is 5.31. The third-order valence-corrected chi connectivity index (χ3v) is 2.45. The topological polar surface area (TPSA) is 49.3 Å². The third kappa shape index (κ3) is 4.32. The number of aryl methyl sites for hydroxylation is 1. The minimum atomic E-state index is -0.806. The molecule has 0 bridgehead atoms. The Bertz CT molecular complexity index is 303. The minimum absolute atomic E-state index is 0.295. The van der Waals surface area contributed by atoms with Crippen LogP contribution in [0.5, 0.6) is 0 Å². The molecule has 82 valence electrons. The van der Waals surface area contributed by atoms with Crippen LogP contribution < -0.4 is 4.84 Å². The molecule has 0 saturated heterocycles. The van der Waals surface area contributed by atoms with Crippen molar-refractivity contribution >= 4 is 17.7 Å². The lowest BCUT2D eigenvalue weighted by molar-refractivity contribution is -0.141. The molecule has 4 heteroatoms. The van der Waals surface area contributed by atoms with Gasteiger partial charge in [-0.2, -0.15) is 0 Å². The average molecular weight is 228 g/mol. The Morgan fingerprint density at radius 1 is 1.40 bits per heavy atom. The van der Waals surface area contributed by atoms with Crippen LogP contribution in [0.1, 0.15) is 12.0 Å². The molecule has 2 N–H and O–H groups in total. The van der Waals surface area contributed by atoms with Crippen molar-refractivity contribution in [3.63, 3.8) is 0 Å². The Morgan fingerprint density at radius 3 is 2.60 bits per heavy atom. The Hall–Kier alpha value is -1.06. The maximum atomic E-state index is 10.8. The van der Waals surface area contributed by atoms with Gasteiger partial charge in [0.15, 0.2) is 0 Å². The summed E-state index contributed by atoms with van der Waals surface area (Å²) < 4.78 is 0. The van der Waals surface area contributed by atoms with Crippen LogP contribution in [0.25, 0.3) is 0 Å². The molecule has 0 saturated carbocycles. The predicted octanol–water partition coefficient (Wildman–Crippen LogP) is 2.06. The Kier molecular flexibility index (Phi) is 5.15. The van der Waals surface area contributed by atoms with Crippen LogP contribution in [0.2, 0.25) is 0 Å². The predicted molar refractivity (Wildman–Crippen MR) is 59.7 cm³/mol. The summed E-state index contributed by atoms with van der Waals surface area (Å²) in [6.45, 7) is 0.295. The summed E-state index contributed by atoms with van der Waals surface area (Å²) in [5.74, 6) is -1.23. The number of benzene rings is 1. The maximum Gasteiger partial charge on any atom is 0.307 e. The first-order valence-electron chi connectivity index (χ1n) is 4.84. The second-order valence-electron chi connectivity index (χ2n) is 3.40. The van der Waals surface area contributed by atoms with Crippen molar-refractivity contribution in [1.82, 2.24) is 4.84 Å². The highest BCUT2D eigenvalue weighted by Gasteiger charge is 2.16. The fourth-order valence-corrected chi connectivity index (χ4v) is 1.58. The molecule has 0 spiro atoms. The van der Waals surface area contributed by atoms with E-state index in [2.05, 4.69) is 4.84 Å². The molecule has 0 amide bonds. The zero-order valence-corrected chi connectivity index (χ0v) is 9.07. The number of halogens is 1. The summed E-state index contributed by atoms with van der Waals surface area (Å²) in [5, 5.41) is 8.88. The van der Waals surface area contributed by atoms with Gasteiger partial charge in [0, 0.05) is 6.54 Å². The zero-order chi connectivity index (χ0) is 11.1. The first-order valence-corrected chi connectivity index (χ1v) is 5.22. The normalized spacial score (nSPS) is 12.3. The van der Waals surface area contributed by atoms with Crippen molar-refractivity contribution in [2.45, 2.75) is 12.8 Å². The Labute approximate surface area is 94.2 Å². The molecule has 1 aromatic carbocycles. The number of hydrogen-bond donors (Lipinski definition) is 2. The molecule has 15 heavy (non-hydrogen) atoms. The number of carboxylic acids is 1. The van der Waals surface area contributed by atoms with Crippen LogP contribution in [-0.2, 0) is 11.2 Å². The van der Waals surface area contributed by atoms with E-state index in [-0.39, 0.29) is 0 Å². The number of hydrogen-bond acceptors (Lipinski definition) is 2. The molecule has 0 aromatic heterocycles. The van der Waals surface area contributed by atoms with Gasteiger partial charge in [-0.15, -0.1) is 0 Å². The largest absolute Gasteiger partial charge is 0.481 e. The molecule has 1 aromatic rings. The Balaban J connectivity index is 2.43. The first kappa shape index (κ1) is 12.0. The molecule has 1 atom stereocenters. The van der Waals surface area contributed by atoms with Gasteiger partial charge >= 0.3 is 5.97 Å². The van der Waals surface area contributed by atoms with Gasteiger partial charge in [-0.3, -0.25) is 4.79 Å². The molecule has 0 heterocycles. The van der Waals surface area contributed by atoms with Crippen LogP contribution in [-0.4, -0.2) is 17.6 Å². The van der Waals surface area contributed by atoms with E-state index in [0.29, 0.717) is 13.0 Å². The van der Waals surface area contributed by atoms with Gasteiger partial charge in [0.2, 0.25) is 0 Å². The molecular weight excluding hydrogens is 214 g/mol. The average Bonchev–Trinajstić information content (AvgIpc) is 2.25. The smallest absolute Gasteiger partial charge is 0.307 e. The van der Waals surface area contributed by atoms with E-state index in [1.165, 1.54) is 0 Å². The number of carbonyl (C=O) groups is 1. The number of rotatable bonds is 6. The van der Waals surface area contributed by atoms with E-state index in [1.807, 2.05) is 30.3 Å². The minimum Gasteiger partial charge on any atom is -0.481 e. The molecule has 1 unspecified atom stereocenters. The highest BCUT2D eigenvalue weighted by molar-refractivity contribution is 6.13.